The summed E-state index contributed by atoms with van der Waals surface area (Å²) in [5.74, 6) is 2.52. The molecule has 0 aliphatic heterocycles. The van der Waals surface area contributed by atoms with E-state index in [2.05, 4.69) is 5.92 Å². The van der Waals surface area contributed by atoms with Crippen molar-refractivity contribution in [3.8, 4) is 12.3 Å². The van der Waals surface area contributed by atoms with Crippen molar-refractivity contribution in [3.63, 3.8) is 0 Å². The average Bonchev–Trinajstić information content (AvgIpc) is 2.23. The normalized spacial score (nSPS) is 10.0. The molecule has 0 radical (unpaired) electrons. The van der Waals surface area contributed by atoms with Gasteiger partial charge in [0.15, 0.2) is 0 Å². The first-order valence-electron chi connectivity index (χ1n) is 4.28. The highest BCUT2D eigenvalue weighted by Gasteiger charge is 2.00. The summed E-state index contributed by atoms with van der Waals surface area (Å²) in [7, 11) is 1.73. The van der Waals surface area contributed by atoms with E-state index in [1.54, 1.807) is 23.9 Å². The lowest BCUT2D eigenvalue weighted by Crippen LogP contribution is -2.15. The number of nitrogens with zero attached hydrogens (tertiary/aromatic N) is 1. The molecule has 68 valence electrons. The van der Waals surface area contributed by atoms with Crippen molar-refractivity contribution in [1.82, 2.24) is 4.57 Å². The second kappa shape index (κ2) is 3.04. The SMILES string of the molecule is C#Cc1ccc2ccn(C)c(=O)c2c1. The molecule has 0 saturated heterocycles. The van der Waals surface area contributed by atoms with E-state index >= 15 is 0 Å². The van der Waals surface area contributed by atoms with Crippen molar-refractivity contribution < 1.29 is 0 Å². The van der Waals surface area contributed by atoms with Crippen molar-refractivity contribution >= 4 is 10.8 Å². The Balaban J connectivity index is 2.93. The summed E-state index contributed by atoms with van der Waals surface area (Å²) in [6.07, 6.45) is 7.02. The average molecular weight is 183 g/mol. The van der Waals surface area contributed by atoms with Crippen molar-refractivity contribution in [2.45, 2.75) is 0 Å². The van der Waals surface area contributed by atoms with Crippen LogP contribution in [0.2, 0.25) is 0 Å². The molecule has 2 rings (SSSR count). The molecule has 2 aromatic rings. The molecule has 0 aliphatic rings. The monoisotopic (exact) mass is 183 g/mol. The van der Waals surface area contributed by atoms with Crippen LogP contribution in [0.3, 0.4) is 0 Å². The Kier molecular flexibility index (Phi) is 1.86. The molecule has 1 aromatic heterocycles. The maximum Gasteiger partial charge on any atom is 0.258 e. The van der Waals surface area contributed by atoms with Crippen molar-refractivity contribution in [2.75, 3.05) is 0 Å². The second-order valence-corrected chi connectivity index (χ2v) is 3.18. The Hall–Kier alpha value is -2.01. The van der Waals surface area contributed by atoms with Crippen LogP contribution in [-0.2, 0) is 7.05 Å². The first kappa shape index (κ1) is 8.58. The predicted molar refractivity (Wildman–Crippen MR) is 57.1 cm³/mol. The van der Waals surface area contributed by atoms with E-state index in [-0.39, 0.29) is 5.56 Å². The summed E-state index contributed by atoms with van der Waals surface area (Å²) >= 11 is 0. The minimum absolute atomic E-state index is 0.0143. The third-order valence-corrected chi connectivity index (χ3v) is 2.25. The van der Waals surface area contributed by atoms with E-state index in [0.29, 0.717) is 5.39 Å². The van der Waals surface area contributed by atoms with Crippen LogP contribution < -0.4 is 5.56 Å². The Morgan fingerprint density at radius 2 is 2.14 bits per heavy atom. The van der Waals surface area contributed by atoms with Gasteiger partial charge in [0.05, 0.1) is 0 Å². The molecule has 1 aromatic carbocycles. The van der Waals surface area contributed by atoms with Crippen LogP contribution in [0.15, 0.2) is 35.3 Å². The van der Waals surface area contributed by atoms with E-state index < -0.39 is 0 Å². The smallest absolute Gasteiger partial charge is 0.258 e. The number of hydrogen-bond donors (Lipinski definition) is 0. The zero-order valence-corrected chi connectivity index (χ0v) is 7.82. The van der Waals surface area contributed by atoms with Gasteiger partial charge in [0.1, 0.15) is 0 Å². The van der Waals surface area contributed by atoms with Gasteiger partial charge in [-0.15, -0.1) is 6.42 Å². The van der Waals surface area contributed by atoms with Crippen LogP contribution in [0.4, 0.5) is 0 Å². The van der Waals surface area contributed by atoms with Gasteiger partial charge in [0.25, 0.3) is 5.56 Å². The molecule has 14 heavy (non-hydrogen) atoms. The van der Waals surface area contributed by atoms with Crippen LogP contribution in [-0.4, -0.2) is 4.57 Å². The van der Waals surface area contributed by atoms with Crippen LogP contribution in [0.1, 0.15) is 5.56 Å². The van der Waals surface area contributed by atoms with Gasteiger partial charge in [0, 0.05) is 24.2 Å². The van der Waals surface area contributed by atoms with Gasteiger partial charge in [-0.1, -0.05) is 12.0 Å². The predicted octanol–water partition coefficient (Wildman–Crippen LogP) is 1.52. The molecule has 0 spiro atoms. The van der Waals surface area contributed by atoms with E-state index in [1.165, 1.54) is 0 Å². The highest BCUT2D eigenvalue weighted by atomic mass is 16.1. The van der Waals surface area contributed by atoms with Gasteiger partial charge >= 0.3 is 0 Å². The summed E-state index contributed by atoms with van der Waals surface area (Å²) in [5, 5.41) is 1.59. The van der Waals surface area contributed by atoms with Gasteiger partial charge in [-0.25, -0.2) is 0 Å². The number of hydrogen-bond acceptors (Lipinski definition) is 1. The molecule has 1 heterocycles. The highest BCUT2D eigenvalue weighted by Crippen LogP contribution is 2.10. The van der Waals surface area contributed by atoms with Gasteiger partial charge in [-0.3, -0.25) is 4.79 Å². The number of fused-ring (bicyclic) bond motifs is 1. The van der Waals surface area contributed by atoms with Gasteiger partial charge in [-0.2, -0.15) is 0 Å². The van der Waals surface area contributed by atoms with Gasteiger partial charge in [-0.05, 0) is 23.6 Å². The third-order valence-electron chi connectivity index (χ3n) is 2.25. The maximum atomic E-state index is 11.7. The first-order chi connectivity index (χ1) is 6.72. The van der Waals surface area contributed by atoms with Crippen molar-refractivity contribution in [2.24, 2.45) is 7.05 Å². The second-order valence-electron chi connectivity index (χ2n) is 3.18. The molecule has 0 unspecified atom stereocenters. The summed E-state index contributed by atoms with van der Waals surface area (Å²) in [6, 6.07) is 7.35. The van der Waals surface area contributed by atoms with Crippen molar-refractivity contribution in [1.29, 1.82) is 0 Å². The Bertz CT molecular complexity index is 587. The minimum Gasteiger partial charge on any atom is -0.318 e. The van der Waals surface area contributed by atoms with Crippen molar-refractivity contribution in [3.05, 3.63) is 46.4 Å². The van der Waals surface area contributed by atoms with E-state index in [4.69, 9.17) is 6.42 Å². The molecule has 2 nitrogen and oxygen atoms in total. The lowest BCUT2D eigenvalue weighted by atomic mass is 10.1. The molecule has 0 fully saturated rings. The van der Waals surface area contributed by atoms with Gasteiger partial charge in [0.2, 0.25) is 0 Å². The molecule has 0 amide bonds. The fraction of sp³-hybridized carbons (Fsp3) is 0.0833. The number of aromatic nitrogens is 1. The standard InChI is InChI=1S/C12H9NO/c1-3-9-4-5-10-6-7-13(2)12(14)11(10)8-9/h1,4-8H,2H3. The van der Waals surface area contributed by atoms with E-state index in [9.17, 15) is 4.79 Å². The Morgan fingerprint density at radius 1 is 1.36 bits per heavy atom. The summed E-state index contributed by atoms with van der Waals surface area (Å²) in [6.45, 7) is 0. The zero-order chi connectivity index (χ0) is 10.1. The first-order valence-corrected chi connectivity index (χ1v) is 4.28. The number of pyridine rings is 1. The summed E-state index contributed by atoms with van der Waals surface area (Å²) in [5.41, 5.74) is 0.723. The molecular weight excluding hydrogens is 174 g/mol. The number of benzene rings is 1. The van der Waals surface area contributed by atoms with E-state index in [1.807, 2.05) is 18.2 Å². The number of aryl methyl sites for hydroxylation is 1. The fourth-order valence-electron chi connectivity index (χ4n) is 1.43. The Morgan fingerprint density at radius 3 is 2.86 bits per heavy atom. The highest BCUT2D eigenvalue weighted by molar-refractivity contribution is 5.82. The summed E-state index contributed by atoms with van der Waals surface area (Å²) < 4.78 is 1.54. The van der Waals surface area contributed by atoms with Crippen LogP contribution in [0.25, 0.3) is 10.8 Å². The number of rotatable bonds is 0. The summed E-state index contributed by atoms with van der Waals surface area (Å²) in [4.78, 5) is 11.7. The molecule has 0 atom stereocenters. The fourth-order valence-corrected chi connectivity index (χ4v) is 1.43. The lowest BCUT2D eigenvalue weighted by Gasteiger charge is -2.00. The molecule has 0 N–H and O–H groups in total. The maximum absolute atomic E-state index is 11.7. The zero-order valence-electron chi connectivity index (χ0n) is 7.82. The van der Waals surface area contributed by atoms with Crippen LogP contribution in [0.5, 0.6) is 0 Å². The van der Waals surface area contributed by atoms with Crippen LogP contribution >= 0.6 is 0 Å². The third kappa shape index (κ3) is 1.20. The molecular formula is C12H9NO. The molecule has 0 bridgehead atoms. The molecule has 2 heteroatoms. The largest absolute Gasteiger partial charge is 0.318 e. The molecule has 0 aliphatic carbocycles. The van der Waals surface area contributed by atoms with Crippen LogP contribution in [0, 0.1) is 12.3 Å². The number of terminal acetylenes is 1. The van der Waals surface area contributed by atoms with E-state index in [0.717, 1.165) is 10.9 Å². The van der Waals surface area contributed by atoms with Gasteiger partial charge < -0.3 is 4.57 Å². The lowest BCUT2D eigenvalue weighted by molar-refractivity contribution is 0.873. The Labute approximate surface area is 81.8 Å². The quantitative estimate of drug-likeness (QED) is 0.567. The topological polar surface area (TPSA) is 22.0 Å². The molecule has 0 saturated carbocycles. The minimum atomic E-state index is -0.0143.